The first kappa shape index (κ1) is 14.3. The van der Waals surface area contributed by atoms with Crippen molar-refractivity contribution in [2.75, 3.05) is 0 Å². The van der Waals surface area contributed by atoms with Crippen molar-refractivity contribution in [3.8, 4) is 0 Å². The fraction of sp³-hybridized carbons (Fsp3) is 0. The molecule has 0 spiro atoms. The number of hydrogen-bond donors (Lipinski definition) is 3. The molecule has 0 saturated carbocycles. The lowest BCUT2D eigenvalue weighted by Gasteiger charge is -2.14. The van der Waals surface area contributed by atoms with Crippen LogP contribution in [0.15, 0.2) is 30.8 Å². The normalized spacial score (nSPS) is 10.3. The first-order valence-electron chi connectivity index (χ1n) is 5.81. The molecule has 0 aliphatic rings. The molecule has 0 heterocycles. The number of benzene rings is 2. The second kappa shape index (κ2) is 5.09. The summed E-state index contributed by atoms with van der Waals surface area (Å²) in [5.74, 6) is -4.63. The van der Waals surface area contributed by atoms with Crippen molar-refractivity contribution >= 4 is 34.8 Å². The number of carboxylic acids is 3. The molecule has 0 bridgehead atoms. The van der Waals surface area contributed by atoms with E-state index in [1.807, 2.05) is 0 Å². The maximum Gasteiger partial charge on any atom is 0.337 e. The number of rotatable bonds is 4. The van der Waals surface area contributed by atoms with E-state index in [0.29, 0.717) is 5.39 Å². The van der Waals surface area contributed by atoms with E-state index in [4.69, 9.17) is 0 Å². The summed E-state index contributed by atoms with van der Waals surface area (Å²) in [5, 5.41) is 28.3. The largest absolute Gasteiger partial charge is 0.478 e. The van der Waals surface area contributed by atoms with E-state index in [-0.39, 0.29) is 10.9 Å². The van der Waals surface area contributed by atoms with E-state index in [0.717, 1.165) is 0 Å². The minimum absolute atomic E-state index is 0.0838. The van der Waals surface area contributed by atoms with Gasteiger partial charge in [0.1, 0.15) is 0 Å². The molecule has 0 radical (unpaired) electrons. The second-order valence-corrected chi connectivity index (χ2v) is 4.20. The highest BCUT2D eigenvalue weighted by molar-refractivity contribution is 6.19. The van der Waals surface area contributed by atoms with Crippen LogP contribution in [-0.4, -0.2) is 33.2 Å². The second-order valence-electron chi connectivity index (χ2n) is 4.20. The molecule has 2 aromatic rings. The lowest BCUT2D eigenvalue weighted by atomic mass is 9.89. The lowest BCUT2D eigenvalue weighted by Crippen LogP contribution is -2.17. The fourth-order valence-electron chi connectivity index (χ4n) is 2.34. The third-order valence-corrected chi connectivity index (χ3v) is 3.10. The zero-order valence-electron chi connectivity index (χ0n) is 10.7. The van der Waals surface area contributed by atoms with Crippen molar-refractivity contribution in [2.45, 2.75) is 0 Å². The third-order valence-electron chi connectivity index (χ3n) is 3.10. The van der Waals surface area contributed by atoms with Crippen molar-refractivity contribution in [3.05, 3.63) is 53.1 Å². The van der Waals surface area contributed by atoms with Gasteiger partial charge < -0.3 is 15.3 Å². The van der Waals surface area contributed by atoms with E-state index < -0.39 is 34.6 Å². The maximum absolute atomic E-state index is 11.4. The molecule has 6 heteroatoms. The quantitative estimate of drug-likeness (QED) is 0.796. The van der Waals surface area contributed by atoms with Gasteiger partial charge in [0.05, 0.1) is 16.7 Å². The minimum atomic E-state index is -1.61. The zero-order valence-corrected chi connectivity index (χ0v) is 10.7. The first-order valence-corrected chi connectivity index (χ1v) is 5.81. The number of carboxylic acid groups (broad SMARTS) is 3. The molecule has 0 amide bonds. The summed E-state index contributed by atoms with van der Waals surface area (Å²) in [6.45, 7) is 3.50. The highest BCUT2D eigenvalue weighted by atomic mass is 16.4. The Labute approximate surface area is 118 Å². The summed E-state index contributed by atoms with van der Waals surface area (Å²) in [4.78, 5) is 34.3. The molecule has 21 heavy (non-hydrogen) atoms. The van der Waals surface area contributed by atoms with E-state index in [2.05, 4.69) is 6.58 Å². The van der Waals surface area contributed by atoms with Crippen LogP contribution in [0.5, 0.6) is 0 Å². The predicted molar refractivity (Wildman–Crippen MR) is 74.9 cm³/mol. The van der Waals surface area contributed by atoms with Gasteiger partial charge in [-0.05, 0) is 16.3 Å². The standard InChI is InChI=1S/C15H10O6/c1-2-7-8-5-3-4-6-9(8)11(14(18)19)12(15(20)21)10(7)13(16)17/h2-6H,1H2,(H,16,17)(H,18,19)(H,20,21). The average Bonchev–Trinajstić information content (AvgIpc) is 2.43. The number of hydrogen-bond acceptors (Lipinski definition) is 3. The Balaban J connectivity index is 3.21. The van der Waals surface area contributed by atoms with E-state index in [1.54, 1.807) is 12.1 Å². The molecule has 6 nitrogen and oxygen atoms in total. The van der Waals surface area contributed by atoms with E-state index >= 15 is 0 Å². The Hall–Kier alpha value is -3.15. The van der Waals surface area contributed by atoms with Crippen LogP contribution in [0, 0.1) is 0 Å². The summed E-state index contributed by atoms with van der Waals surface area (Å²) in [7, 11) is 0. The Kier molecular flexibility index (Phi) is 3.45. The summed E-state index contributed by atoms with van der Waals surface area (Å²) in [5.41, 5.74) is -1.78. The SMILES string of the molecule is C=Cc1c(C(=O)O)c(C(=O)O)c(C(=O)O)c2ccccc12. The molecule has 0 saturated heterocycles. The van der Waals surface area contributed by atoms with Crippen molar-refractivity contribution in [3.63, 3.8) is 0 Å². The third kappa shape index (κ3) is 2.12. The fourth-order valence-corrected chi connectivity index (χ4v) is 2.34. The summed E-state index contributed by atoms with van der Waals surface area (Å²) >= 11 is 0. The first-order chi connectivity index (χ1) is 9.90. The molecular formula is C15H10O6. The van der Waals surface area contributed by atoms with Gasteiger partial charge in [-0.1, -0.05) is 36.9 Å². The molecular weight excluding hydrogens is 276 g/mol. The smallest absolute Gasteiger partial charge is 0.337 e. The van der Waals surface area contributed by atoms with Crippen molar-refractivity contribution in [1.82, 2.24) is 0 Å². The monoisotopic (exact) mass is 286 g/mol. The van der Waals surface area contributed by atoms with Gasteiger partial charge in [-0.15, -0.1) is 0 Å². The van der Waals surface area contributed by atoms with Gasteiger partial charge >= 0.3 is 17.9 Å². The van der Waals surface area contributed by atoms with Crippen LogP contribution in [0.4, 0.5) is 0 Å². The van der Waals surface area contributed by atoms with Gasteiger partial charge in [-0.2, -0.15) is 0 Å². The minimum Gasteiger partial charge on any atom is -0.478 e. The number of fused-ring (bicyclic) bond motifs is 1. The summed E-state index contributed by atoms with van der Waals surface area (Å²) < 4.78 is 0. The van der Waals surface area contributed by atoms with Crippen LogP contribution in [0.3, 0.4) is 0 Å². The predicted octanol–water partition coefficient (Wildman–Crippen LogP) is 2.58. The van der Waals surface area contributed by atoms with Crippen molar-refractivity contribution in [2.24, 2.45) is 0 Å². The van der Waals surface area contributed by atoms with Gasteiger partial charge in [0, 0.05) is 0 Å². The number of aromatic carboxylic acids is 3. The highest BCUT2D eigenvalue weighted by Crippen LogP contribution is 2.32. The molecule has 2 rings (SSSR count). The molecule has 2 aromatic carbocycles. The van der Waals surface area contributed by atoms with E-state index in [9.17, 15) is 29.7 Å². The highest BCUT2D eigenvalue weighted by Gasteiger charge is 2.29. The summed E-state index contributed by atoms with van der Waals surface area (Å²) in [6.07, 6.45) is 1.21. The van der Waals surface area contributed by atoms with Gasteiger partial charge in [0.25, 0.3) is 0 Å². The average molecular weight is 286 g/mol. The molecule has 0 aromatic heterocycles. The molecule has 0 fully saturated rings. The van der Waals surface area contributed by atoms with Gasteiger partial charge in [0.15, 0.2) is 0 Å². The topological polar surface area (TPSA) is 112 Å². The molecule has 3 N–H and O–H groups in total. The van der Waals surface area contributed by atoms with Crippen molar-refractivity contribution in [1.29, 1.82) is 0 Å². The van der Waals surface area contributed by atoms with Gasteiger partial charge in [0.2, 0.25) is 0 Å². The van der Waals surface area contributed by atoms with Crippen LogP contribution in [0.2, 0.25) is 0 Å². The maximum atomic E-state index is 11.4. The number of carbonyl (C=O) groups is 3. The Morgan fingerprint density at radius 1 is 0.810 bits per heavy atom. The molecule has 106 valence electrons. The van der Waals surface area contributed by atoms with Crippen LogP contribution in [0.1, 0.15) is 36.6 Å². The van der Waals surface area contributed by atoms with Crippen LogP contribution >= 0.6 is 0 Å². The van der Waals surface area contributed by atoms with Crippen molar-refractivity contribution < 1.29 is 29.7 Å². The lowest BCUT2D eigenvalue weighted by molar-refractivity contribution is 0.0634. The van der Waals surface area contributed by atoms with E-state index in [1.165, 1.54) is 18.2 Å². The molecule has 0 aliphatic carbocycles. The van der Waals surface area contributed by atoms with Crippen LogP contribution in [-0.2, 0) is 0 Å². The molecule has 0 aliphatic heterocycles. The Morgan fingerprint density at radius 3 is 1.71 bits per heavy atom. The van der Waals surface area contributed by atoms with Crippen LogP contribution < -0.4 is 0 Å². The van der Waals surface area contributed by atoms with Crippen LogP contribution in [0.25, 0.3) is 16.8 Å². The molecule has 0 atom stereocenters. The molecule has 0 unspecified atom stereocenters. The Morgan fingerprint density at radius 2 is 1.29 bits per heavy atom. The Bertz CT molecular complexity index is 803. The zero-order chi connectivity index (χ0) is 15.7. The van der Waals surface area contributed by atoms with Gasteiger partial charge in [-0.25, -0.2) is 14.4 Å². The summed E-state index contributed by atoms with van der Waals surface area (Å²) in [6, 6.07) is 6.11. The van der Waals surface area contributed by atoms with Gasteiger partial charge in [-0.3, -0.25) is 0 Å².